The lowest BCUT2D eigenvalue weighted by Gasteiger charge is -2.57. The number of nitrogens with two attached hydrogens (primary N) is 1. The highest BCUT2D eigenvalue weighted by Gasteiger charge is 2.54. The highest BCUT2D eigenvalue weighted by Crippen LogP contribution is 2.57. The topological polar surface area (TPSA) is 109 Å². The number of hydrogen-bond acceptors (Lipinski definition) is 7. The predicted molar refractivity (Wildman–Crippen MR) is 120 cm³/mol. The number of hydrogen-bond donors (Lipinski definition) is 2. The molecule has 0 radical (unpaired) electrons. The molecule has 2 saturated carbocycles. The van der Waals surface area contributed by atoms with E-state index in [1.165, 1.54) is 0 Å². The van der Waals surface area contributed by atoms with Gasteiger partial charge in [-0.15, -0.1) is 0 Å². The van der Waals surface area contributed by atoms with Crippen molar-refractivity contribution in [1.29, 1.82) is 0 Å². The van der Waals surface area contributed by atoms with Gasteiger partial charge in [0.1, 0.15) is 23.2 Å². The Morgan fingerprint density at radius 1 is 1.12 bits per heavy atom. The zero-order valence-corrected chi connectivity index (χ0v) is 18.1. The number of carbonyl (C=O) groups excluding carboxylic acids is 1. The van der Waals surface area contributed by atoms with Crippen molar-refractivity contribution in [1.82, 2.24) is 9.97 Å². The van der Waals surface area contributed by atoms with E-state index in [-0.39, 0.29) is 11.5 Å². The zero-order chi connectivity index (χ0) is 22.3. The molecule has 2 aliphatic carbocycles. The SMILES string of the molecule is COc1ccc2c(NC3CC4(C3)CC(Oc3ncccc3C(N)=O)C4)nc(OC)cc2c1. The largest absolute Gasteiger partial charge is 0.497 e. The maximum atomic E-state index is 11.6. The minimum atomic E-state index is -0.523. The summed E-state index contributed by atoms with van der Waals surface area (Å²) in [6.07, 6.45) is 5.67. The molecule has 0 saturated heterocycles. The fraction of sp³-hybridized carbons (Fsp3) is 0.375. The van der Waals surface area contributed by atoms with Gasteiger partial charge in [0, 0.05) is 23.7 Å². The number of amides is 1. The lowest BCUT2D eigenvalue weighted by Crippen LogP contribution is -2.56. The Balaban J connectivity index is 1.22. The van der Waals surface area contributed by atoms with Crippen molar-refractivity contribution in [2.24, 2.45) is 11.1 Å². The summed E-state index contributed by atoms with van der Waals surface area (Å²) >= 11 is 0. The number of aromatic nitrogens is 2. The zero-order valence-electron chi connectivity index (χ0n) is 18.1. The molecule has 3 aromatic rings. The van der Waals surface area contributed by atoms with Crippen LogP contribution in [0.3, 0.4) is 0 Å². The maximum Gasteiger partial charge on any atom is 0.254 e. The first-order valence-electron chi connectivity index (χ1n) is 10.7. The van der Waals surface area contributed by atoms with E-state index < -0.39 is 5.91 Å². The number of primary amides is 1. The molecule has 2 fully saturated rings. The summed E-state index contributed by atoms with van der Waals surface area (Å²) in [5.41, 5.74) is 6.03. The number of rotatable bonds is 7. The maximum absolute atomic E-state index is 11.6. The second-order valence-electron chi connectivity index (χ2n) is 8.72. The molecule has 0 unspecified atom stereocenters. The second-order valence-corrected chi connectivity index (χ2v) is 8.72. The van der Waals surface area contributed by atoms with E-state index in [0.29, 0.717) is 23.4 Å². The van der Waals surface area contributed by atoms with Crippen LogP contribution in [0.15, 0.2) is 42.6 Å². The van der Waals surface area contributed by atoms with Crippen LogP contribution in [0.1, 0.15) is 36.0 Å². The number of pyridine rings is 2. The molecule has 1 amide bonds. The molecule has 0 bridgehead atoms. The van der Waals surface area contributed by atoms with E-state index in [1.54, 1.807) is 32.5 Å². The molecule has 1 spiro atoms. The number of benzene rings is 1. The fourth-order valence-electron chi connectivity index (χ4n) is 4.99. The summed E-state index contributed by atoms with van der Waals surface area (Å²) in [5.74, 6) is 2.00. The van der Waals surface area contributed by atoms with Crippen LogP contribution in [0, 0.1) is 5.41 Å². The van der Waals surface area contributed by atoms with Crippen LogP contribution in [-0.2, 0) is 0 Å². The smallest absolute Gasteiger partial charge is 0.254 e. The van der Waals surface area contributed by atoms with E-state index >= 15 is 0 Å². The lowest BCUT2D eigenvalue weighted by molar-refractivity contribution is -0.0759. The van der Waals surface area contributed by atoms with Gasteiger partial charge in [-0.1, -0.05) is 0 Å². The number of fused-ring (bicyclic) bond motifs is 1. The minimum Gasteiger partial charge on any atom is -0.497 e. The molecular weight excluding hydrogens is 408 g/mol. The quantitative estimate of drug-likeness (QED) is 0.585. The Labute approximate surface area is 186 Å². The van der Waals surface area contributed by atoms with Gasteiger partial charge in [-0.05, 0) is 66.8 Å². The fourth-order valence-corrected chi connectivity index (χ4v) is 4.99. The molecule has 0 aliphatic heterocycles. The van der Waals surface area contributed by atoms with Gasteiger partial charge in [-0.25, -0.2) is 4.98 Å². The first-order valence-corrected chi connectivity index (χ1v) is 10.7. The highest BCUT2D eigenvalue weighted by atomic mass is 16.5. The first kappa shape index (κ1) is 20.4. The number of carbonyl (C=O) groups is 1. The number of anilines is 1. The summed E-state index contributed by atoms with van der Waals surface area (Å²) < 4.78 is 16.7. The van der Waals surface area contributed by atoms with Crippen LogP contribution in [-0.4, -0.2) is 42.2 Å². The van der Waals surface area contributed by atoms with E-state index in [0.717, 1.165) is 48.0 Å². The molecule has 0 atom stereocenters. The van der Waals surface area contributed by atoms with Gasteiger partial charge < -0.3 is 25.3 Å². The average Bonchev–Trinajstić information content (AvgIpc) is 2.75. The van der Waals surface area contributed by atoms with Crippen LogP contribution >= 0.6 is 0 Å². The number of methoxy groups -OCH3 is 2. The summed E-state index contributed by atoms with van der Waals surface area (Å²) in [7, 11) is 3.28. The summed E-state index contributed by atoms with van der Waals surface area (Å²) in [5, 5.41) is 5.66. The van der Waals surface area contributed by atoms with Crippen LogP contribution in [0.4, 0.5) is 5.82 Å². The monoisotopic (exact) mass is 434 g/mol. The van der Waals surface area contributed by atoms with E-state index in [2.05, 4.69) is 15.3 Å². The van der Waals surface area contributed by atoms with Gasteiger partial charge in [-0.3, -0.25) is 4.79 Å². The molecule has 32 heavy (non-hydrogen) atoms. The van der Waals surface area contributed by atoms with Crippen molar-refractivity contribution < 1.29 is 19.0 Å². The molecule has 2 heterocycles. The third-order valence-corrected chi connectivity index (χ3v) is 6.56. The Morgan fingerprint density at radius 3 is 2.66 bits per heavy atom. The van der Waals surface area contributed by atoms with Crippen molar-refractivity contribution in [2.75, 3.05) is 19.5 Å². The predicted octanol–water partition coefficient (Wildman–Crippen LogP) is 3.55. The van der Waals surface area contributed by atoms with Crippen LogP contribution < -0.4 is 25.3 Å². The van der Waals surface area contributed by atoms with Crippen LogP contribution in [0.25, 0.3) is 10.8 Å². The van der Waals surface area contributed by atoms with E-state index in [1.807, 2.05) is 24.3 Å². The number of ether oxygens (including phenoxy) is 3. The average molecular weight is 434 g/mol. The first-order chi connectivity index (χ1) is 15.5. The normalized spacial score (nSPS) is 23.8. The van der Waals surface area contributed by atoms with Crippen molar-refractivity contribution in [2.45, 2.75) is 37.8 Å². The second kappa shape index (κ2) is 7.85. The van der Waals surface area contributed by atoms with Gasteiger partial charge in [-0.2, -0.15) is 4.98 Å². The van der Waals surface area contributed by atoms with Gasteiger partial charge in [0.2, 0.25) is 11.8 Å². The molecule has 8 heteroatoms. The number of nitrogens with one attached hydrogen (secondary N) is 1. The van der Waals surface area contributed by atoms with Crippen LogP contribution in [0.5, 0.6) is 17.5 Å². The lowest BCUT2D eigenvalue weighted by atomic mass is 9.53. The Kier molecular flexibility index (Phi) is 5.00. The molecule has 2 aliphatic rings. The highest BCUT2D eigenvalue weighted by molar-refractivity contribution is 5.95. The minimum absolute atomic E-state index is 0.0622. The molecule has 8 nitrogen and oxygen atoms in total. The van der Waals surface area contributed by atoms with Crippen LogP contribution in [0.2, 0.25) is 0 Å². The molecule has 166 valence electrons. The van der Waals surface area contributed by atoms with Gasteiger partial charge in [0.15, 0.2) is 0 Å². The van der Waals surface area contributed by atoms with Crippen molar-refractivity contribution >= 4 is 22.5 Å². The summed E-state index contributed by atoms with van der Waals surface area (Å²) in [6, 6.07) is 11.5. The standard InChI is InChI=1S/C24H26N4O4/c1-30-16-5-6-18-14(8-16)9-20(31-2)28-22(18)27-15-10-24(11-15)12-17(13-24)32-23-19(21(25)29)4-3-7-26-23/h3-9,15,17H,10-13H2,1-2H3,(H2,25,29)(H,27,28). The Morgan fingerprint density at radius 2 is 1.94 bits per heavy atom. The molecule has 2 aromatic heterocycles. The Bertz CT molecular complexity index is 1160. The van der Waals surface area contributed by atoms with Gasteiger partial charge >= 0.3 is 0 Å². The van der Waals surface area contributed by atoms with Crippen molar-refractivity contribution in [3.63, 3.8) is 0 Å². The van der Waals surface area contributed by atoms with Crippen molar-refractivity contribution in [3.05, 3.63) is 48.2 Å². The molecule has 5 rings (SSSR count). The van der Waals surface area contributed by atoms with Gasteiger partial charge in [0.05, 0.1) is 14.2 Å². The third kappa shape index (κ3) is 3.66. The van der Waals surface area contributed by atoms with E-state index in [4.69, 9.17) is 19.9 Å². The molecular formula is C24H26N4O4. The third-order valence-electron chi connectivity index (χ3n) is 6.56. The van der Waals surface area contributed by atoms with E-state index in [9.17, 15) is 4.79 Å². The molecule has 3 N–H and O–H groups in total. The number of nitrogens with zero attached hydrogens (tertiary/aromatic N) is 2. The summed E-state index contributed by atoms with van der Waals surface area (Å²) in [6.45, 7) is 0. The summed E-state index contributed by atoms with van der Waals surface area (Å²) in [4.78, 5) is 20.4. The van der Waals surface area contributed by atoms with Gasteiger partial charge in [0.25, 0.3) is 5.91 Å². The van der Waals surface area contributed by atoms with Crippen molar-refractivity contribution in [3.8, 4) is 17.5 Å². The Hall–Kier alpha value is -3.55. The molecule has 1 aromatic carbocycles.